The summed E-state index contributed by atoms with van der Waals surface area (Å²) in [5.41, 5.74) is 1.80. The van der Waals surface area contributed by atoms with Gasteiger partial charge in [0.2, 0.25) is 17.7 Å². The van der Waals surface area contributed by atoms with E-state index < -0.39 is 0 Å². The van der Waals surface area contributed by atoms with Gasteiger partial charge in [0.15, 0.2) is 0 Å². The molecule has 0 aliphatic rings. The number of hydrogen-bond acceptors (Lipinski definition) is 6. The van der Waals surface area contributed by atoms with Crippen LogP contribution in [-0.2, 0) is 6.54 Å². The van der Waals surface area contributed by atoms with Crippen LogP contribution in [0, 0.1) is 6.92 Å². The molecule has 0 aliphatic heterocycles. The number of nitrogens with one attached hydrogen (secondary N) is 1. The average molecular weight is 288 g/mol. The van der Waals surface area contributed by atoms with E-state index in [2.05, 4.69) is 27.2 Å². The third-order valence-electron chi connectivity index (χ3n) is 2.77. The molecule has 2 heterocycles. The monoisotopic (exact) mass is 288 g/mol. The third kappa shape index (κ3) is 4.30. The van der Waals surface area contributed by atoms with Gasteiger partial charge in [0.25, 0.3) is 0 Å². The molecule has 2 aromatic rings. The van der Waals surface area contributed by atoms with Gasteiger partial charge in [-0.1, -0.05) is 13.0 Å². The molecule has 0 spiro atoms. The maximum Gasteiger partial charge on any atom is 0.226 e. The first-order chi connectivity index (χ1) is 10.2. The summed E-state index contributed by atoms with van der Waals surface area (Å²) in [6.45, 7) is 5.15. The molecule has 0 fully saturated rings. The van der Waals surface area contributed by atoms with Crippen LogP contribution >= 0.6 is 0 Å². The highest BCUT2D eigenvalue weighted by Gasteiger charge is 2.06. The van der Waals surface area contributed by atoms with E-state index in [1.54, 1.807) is 13.3 Å². The van der Waals surface area contributed by atoms with Crippen molar-refractivity contribution in [2.75, 3.05) is 19.0 Å². The molecule has 112 valence electrons. The topological polar surface area (TPSA) is 69.2 Å². The minimum absolute atomic E-state index is 0.534. The van der Waals surface area contributed by atoms with E-state index in [0.29, 0.717) is 30.9 Å². The highest BCUT2D eigenvalue weighted by molar-refractivity contribution is 5.34. The number of nitrogens with zero attached hydrogens (tertiary/aromatic N) is 3. The number of hydrogen-bond donors (Lipinski definition) is 1. The molecule has 0 radical (unpaired) electrons. The zero-order chi connectivity index (χ0) is 15.1. The van der Waals surface area contributed by atoms with Crippen LogP contribution in [0.1, 0.15) is 24.6 Å². The summed E-state index contributed by atoms with van der Waals surface area (Å²) in [6.07, 6.45) is 2.64. The molecule has 1 N–H and O–H groups in total. The van der Waals surface area contributed by atoms with Crippen LogP contribution in [0.5, 0.6) is 11.8 Å². The molecule has 0 aliphatic carbocycles. The Morgan fingerprint density at radius 1 is 1.29 bits per heavy atom. The quantitative estimate of drug-likeness (QED) is 0.844. The molecule has 0 aromatic carbocycles. The molecule has 6 heteroatoms. The highest BCUT2D eigenvalue weighted by Crippen LogP contribution is 2.16. The molecule has 0 saturated heterocycles. The second-order valence-corrected chi connectivity index (χ2v) is 4.54. The Balaban J connectivity index is 2.07. The lowest BCUT2D eigenvalue weighted by atomic mass is 10.3. The zero-order valence-electron chi connectivity index (χ0n) is 12.6. The smallest absolute Gasteiger partial charge is 0.226 e. The van der Waals surface area contributed by atoms with Crippen LogP contribution in [0.2, 0.25) is 0 Å². The van der Waals surface area contributed by atoms with Crippen molar-refractivity contribution >= 4 is 5.95 Å². The maximum atomic E-state index is 5.55. The Morgan fingerprint density at radius 2 is 2.14 bits per heavy atom. The van der Waals surface area contributed by atoms with Gasteiger partial charge in [-0.15, -0.1) is 0 Å². The van der Waals surface area contributed by atoms with E-state index in [1.807, 2.05) is 25.1 Å². The fraction of sp³-hybridized carbons (Fsp3) is 0.400. The van der Waals surface area contributed by atoms with Crippen molar-refractivity contribution < 1.29 is 9.47 Å². The van der Waals surface area contributed by atoms with Gasteiger partial charge in [0.05, 0.1) is 13.7 Å². The van der Waals surface area contributed by atoms with Gasteiger partial charge in [-0.05, 0) is 19.4 Å². The predicted octanol–water partition coefficient (Wildman–Crippen LogP) is 2.59. The van der Waals surface area contributed by atoms with Gasteiger partial charge in [-0.25, -0.2) is 9.97 Å². The molecule has 2 aromatic heterocycles. The zero-order valence-corrected chi connectivity index (χ0v) is 12.6. The molecule has 21 heavy (non-hydrogen) atoms. The van der Waals surface area contributed by atoms with Gasteiger partial charge < -0.3 is 14.8 Å². The Labute approximate surface area is 124 Å². The molecule has 0 bridgehead atoms. The molecule has 2 rings (SSSR count). The molecule has 0 amide bonds. The third-order valence-corrected chi connectivity index (χ3v) is 2.77. The summed E-state index contributed by atoms with van der Waals surface area (Å²) in [7, 11) is 1.60. The highest BCUT2D eigenvalue weighted by atomic mass is 16.5. The van der Waals surface area contributed by atoms with Crippen LogP contribution in [0.3, 0.4) is 0 Å². The molecule has 0 saturated carbocycles. The first-order valence-corrected chi connectivity index (χ1v) is 6.93. The molecule has 6 nitrogen and oxygen atoms in total. The van der Waals surface area contributed by atoms with Crippen molar-refractivity contribution in [3.63, 3.8) is 0 Å². The second kappa shape index (κ2) is 7.42. The minimum atomic E-state index is 0.534. The predicted molar refractivity (Wildman–Crippen MR) is 80.7 cm³/mol. The van der Waals surface area contributed by atoms with Gasteiger partial charge in [-0.2, -0.15) is 4.98 Å². The fourth-order valence-electron chi connectivity index (χ4n) is 1.82. The summed E-state index contributed by atoms with van der Waals surface area (Å²) < 4.78 is 10.8. The summed E-state index contributed by atoms with van der Waals surface area (Å²) in [6, 6.07) is 5.64. The first-order valence-electron chi connectivity index (χ1n) is 6.93. The lowest BCUT2D eigenvalue weighted by Crippen LogP contribution is -2.08. The van der Waals surface area contributed by atoms with Crippen molar-refractivity contribution in [2.24, 2.45) is 0 Å². The Kier molecular flexibility index (Phi) is 5.31. The maximum absolute atomic E-state index is 5.55. The standard InChI is InChI=1S/C15H20N4O2/c1-4-8-21-13-9-11(2)18-15(19-13)17-10-12-6-5-7-16-14(12)20-3/h5-7,9H,4,8,10H2,1-3H3,(H,17,18,19). The van der Waals surface area contributed by atoms with E-state index in [1.165, 1.54) is 0 Å². The lowest BCUT2D eigenvalue weighted by Gasteiger charge is -2.10. The first kappa shape index (κ1) is 15.0. The summed E-state index contributed by atoms with van der Waals surface area (Å²) in [4.78, 5) is 12.8. The van der Waals surface area contributed by atoms with E-state index in [0.717, 1.165) is 17.7 Å². The summed E-state index contributed by atoms with van der Waals surface area (Å²) in [5, 5.41) is 3.17. The normalized spacial score (nSPS) is 10.2. The largest absolute Gasteiger partial charge is 0.481 e. The van der Waals surface area contributed by atoms with Crippen LogP contribution in [-0.4, -0.2) is 28.7 Å². The van der Waals surface area contributed by atoms with Crippen LogP contribution < -0.4 is 14.8 Å². The SMILES string of the molecule is CCCOc1cc(C)nc(NCc2cccnc2OC)n1. The van der Waals surface area contributed by atoms with E-state index in [4.69, 9.17) is 9.47 Å². The van der Waals surface area contributed by atoms with Gasteiger partial charge >= 0.3 is 0 Å². The molecule has 0 atom stereocenters. The number of aryl methyl sites for hydroxylation is 1. The summed E-state index contributed by atoms with van der Waals surface area (Å²) >= 11 is 0. The molecular weight excluding hydrogens is 268 g/mol. The summed E-state index contributed by atoms with van der Waals surface area (Å²) in [5.74, 6) is 1.72. The van der Waals surface area contributed by atoms with Crippen LogP contribution in [0.4, 0.5) is 5.95 Å². The van der Waals surface area contributed by atoms with Crippen molar-refractivity contribution in [1.82, 2.24) is 15.0 Å². The Bertz CT molecular complexity index is 590. The number of rotatable bonds is 7. The average Bonchev–Trinajstić information content (AvgIpc) is 2.50. The fourth-order valence-corrected chi connectivity index (χ4v) is 1.82. The van der Waals surface area contributed by atoms with Gasteiger partial charge in [0, 0.05) is 30.1 Å². The molecule has 0 unspecified atom stereocenters. The van der Waals surface area contributed by atoms with Crippen LogP contribution in [0.15, 0.2) is 24.4 Å². The van der Waals surface area contributed by atoms with Crippen molar-refractivity contribution in [3.05, 3.63) is 35.7 Å². The van der Waals surface area contributed by atoms with E-state index in [-0.39, 0.29) is 0 Å². The number of anilines is 1. The lowest BCUT2D eigenvalue weighted by molar-refractivity contribution is 0.305. The van der Waals surface area contributed by atoms with E-state index >= 15 is 0 Å². The number of ether oxygens (including phenoxy) is 2. The van der Waals surface area contributed by atoms with Gasteiger partial charge in [0.1, 0.15) is 0 Å². The minimum Gasteiger partial charge on any atom is -0.481 e. The van der Waals surface area contributed by atoms with E-state index in [9.17, 15) is 0 Å². The Hall–Kier alpha value is -2.37. The number of methoxy groups -OCH3 is 1. The van der Waals surface area contributed by atoms with Gasteiger partial charge in [-0.3, -0.25) is 0 Å². The Morgan fingerprint density at radius 3 is 2.90 bits per heavy atom. The molecular formula is C15H20N4O2. The second-order valence-electron chi connectivity index (χ2n) is 4.54. The number of pyridine rings is 1. The van der Waals surface area contributed by atoms with Crippen molar-refractivity contribution in [2.45, 2.75) is 26.8 Å². The van der Waals surface area contributed by atoms with Crippen molar-refractivity contribution in [1.29, 1.82) is 0 Å². The van der Waals surface area contributed by atoms with Crippen molar-refractivity contribution in [3.8, 4) is 11.8 Å². The van der Waals surface area contributed by atoms with Crippen LogP contribution in [0.25, 0.3) is 0 Å². The number of aromatic nitrogens is 3.